The Morgan fingerprint density at radius 2 is 2.06 bits per heavy atom. The van der Waals surface area contributed by atoms with Gasteiger partial charge in [-0.25, -0.2) is 0 Å². The van der Waals surface area contributed by atoms with E-state index in [0.29, 0.717) is 30.8 Å². The summed E-state index contributed by atoms with van der Waals surface area (Å²) in [6.07, 6.45) is 2.78. The van der Waals surface area contributed by atoms with Gasteiger partial charge in [0.1, 0.15) is 0 Å². The summed E-state index contributed by atoms with van der Waals surface area (Å²) in [5, 5.41) is 7.02. The first-order chi connectivity index (χ1) is 14.8. The maximum absolute atomic E-state index is 13.3. The molecule has 3 aromatic rings. The largest absolute Gasteiger partial charge is 0.416 e. The van der Waals surface area contributed by atoms with Crippen LogP contribution in [0.1, 0.15) is 29.2 Å². The van der Waals surface area contributed by atoms with Crippen LogP contribution in [0.4, 0.5) is 18.9 Å². The lowest BCUT2D eigenvalue weighted by Crippen LogP contribution is -2.27. The molecule has 3 heterocycles. The molecule has 1 amide bonds. The van der Waals surface area contributed by atoms with Crippen molar-refractivity contribution < 1.29 is 18.0 Å². The molecule has 0 aliphatic carbocycles. The van der Waals surface area contributed by atoms with Crippen molar-refractivity contribution in [2.24, 2.45) is 13.0 Å². The molecular weight excluding hydrogens is 407 g/mol. The number of nitrogens with one attached hydrogen (secondary N) is 1. The molecule has 162 valence electrons. The summed E-state index contributed by atoms with van der Waals surface area (Å²) in [6.45, 7) is 0.924. The first kappa shape index (κ1) is 21.0. The first-order valence-electron chi connectivity index (χ1n) is 9.89. The lowest BCUT2D eigenvalue weighted by molar-refractivity contribution is -0.137. The van der Waals surface area contributed by atoms with Crippen molar-refractivity contribution >= 4 is 11.6 Å². The Kier molecular flexibility index (Phi) is 5.77. The number of hydrogen-bond donors (Lipinski definition) is 1. The van der Waals surface area contributed by atoms with Gasteiger partial charge in [0.2, 0.25) is 5.91 Å². The number of hydrogen-bond acceptors (Lipinski definition) is 4. The Hall–Kier alpha value is -3.20. The first-order valence-corrected chi connectivity index (χ1v) is 9.89. The molecule has 4 rings (SSSR count). The van der Waals surface area contributed by atoms with E-state index in [1.54, 1.807) is 41.5 Å². The zero-order valence-electron chi connectivity index (χ0n) is 16.9. The predicted octanol–water partition coefficient (Wildman–Crippen LogP) is 4.04. The van der Waals surface area contributed by atoms with Gasteiger partial charge in [0.05, 0.1) is 29.6 Å². The van der Waals surface area contributed by atoms with Gasteiger partial charge in [-0.15, -0.1) is 0 Å². The molecule has 0 unspecified atom stereocenters. The standard InChI is InChI=1S/C22H22F3N5O/c1-29-12-15(10-27-29)13-30-14-17(21(31)28-19-6-3-7-26-11-19)9-20(30)16-4-2-5-18(8-16)22(23,24)25/h2-8,10-12,17,20H,9,13-14H2,1H3,(H,28,31)/t17-,20-/m1/s1. The van der Waals surface area contributed by atoms with Crippen LogP contribution in [0.3, 0.4) is 0 Å². The Labute approximate surface area is 177 Å². The molecule has 1 aliphatic heterocycles. The van der Waals surface area contributed by atoms with Crippen LogP contribution in [-0.4, -0.2) is 32.1 Å². The average molecular weight is 429 g/mol. The number of benzene rings is 1. The minimum absolute atomic E-state index is 0.168. The molecule has 0 bridgehead atoms. The van der Waals surface area contributed by atoms with Crippen molar-refractivity contribution in [1.82, 2.24) is 19.7 Å². The fourth-order valence-electron chi connectivity index (χ4n) is 4.01. The summed E-state index contributed by atoms with van der Waals surface area (Å²) in [4.78, 5) is 18.9. The predicted molar refractivity (Wildman–Crippen MR) is 109 cm³/mol. The molecule has 1 fully saturated rings. The number of nitrogens with zero attached hydrogens (tertiary/aromatic N) is 4. The van der Waals surface area contributed by atoms with Gasteiger partial charge >= 0.3 is 6.18 Å². The average Bonchev–Trinajstić information content (AvgIpc) is 3.35. The molecule has 2 atom stereocenters. The highest BCUT2D eigenvalue weighted by Crippen LogP contribution is 2.39. The number of carbonyl (C=O) groups is 1. The van der Waals surface area contributed by atoms with E-state index >= 15 is 0 Å². The number of halogens is 3. The SMILES string of the molecule is Cn1cc(CN2C[C@H](C(=O)Nc3cccnc3)C[C@@H]2c2cccc(C(F)(F)F)c2)cn1. The van der Waals surface area contributed by atoms with Crippen molar-refractivity contribution in [2.75, 3.05) is 11.9 Å². The van der Waals surface area contributed by atoms with Gasteiger partial charge in [-0.1, -0.05) is 12.1 Å². The number of carbonyl (C=O) groups excluding carboxylic acids is 1. The van der Waals surface area contributed by atoms with Gasteiger partial charge < -0.3 is 5.32 Å². The number of amides is 1. The normalized spacial score (nSPS) is 19.5. The van der Waals surface area contributed by atoms with Crippen LogP contribution < -0.4 is 5.32 Å². The van der Waals surface area contributed by atoms with Crippen LogP contribution >= 0.6 is 0 Å². The lowest BCUT2D eigenvalue weighted by atomic mass is 9.97. The number of alkyl halides is 3. The molecule has 0 saturated carbocycles. The highest BCUT2D eigenvalue weighted by molar-refractivity contribution is 5.92. The second-order valence-electron chi connectivity index (χ2n) is 7.75. The Morgan fingerprint density at radius 1 is 1.23 bits per heavy atom. The van der Waals surface area contributed by atoms with Crippen LogP contribution in [0.25, 0.3) is 0 Å². The molecule has 1 aromatic carbocycles. The van der Waals surface area contributed by atoms with Crippen molar-refractivity contribution in [1.29, 1.82) is 0 Å². The van der Waals surface area contributed by atoms with Crippen LogP contribution in [0.5, 0.6) is 0 Å². The highest BCUT2D eigenvalue weighted by atomic mass is 19.4. The van der Waals surface area contributed by atoms with E-state index in [9.17, 15) is 18.0 Å². The summed E-state index contributed by atoms with van der Waals surface area (Å²) in [5.41, 5.74) is 1.40. The van der Waals surface area contributed by atoms with Gasteiger partial charge in [-0.2, -0.15) is 18.3 Å². The number of anilines is 1. The zero-order chi connectivity index (χ0) is 22.0. The monoisotopic (exact) mass is 429 g/mol. The van der Waals surface area contributed by atoms with Crippen molar-refractivity contribution in [3.63, 3.8) is 0 Å². The van der Waals surface area contributed by atoms with E-state index in [0.717, 1.165) is 11.6 Å². The Balaban J connectivity index is 1.58. The second-order valence-corrected chi connectivity index (χ2v) is 7.75. The molecule has 6 nitrogen and oxygen atoms in total. The summed E-state index contributed by atoms with van der Waals surface area (Å²) in [5.74, 6) is -0.532. The van der Waals surface area contributed by atoms with Crippen molar-refractivity contribution in [3.05, 3.63) is 77.9 Å². The maximum atomic E-state index is 13.3. The van der Waals surface area contributed by atoms with Crippen molar-refractivity contribution in [3.8, 4) is 0 Å². The fourth-order valence-corrected chi connectivity index (χ4v) is 4.01. The summed E-state index contributed by atoms with van der Waals surface area (Å²) in [7, 11) is 1.81. The fraction of sp³-hybridized carbons (Fsp3) is 0.318. The molecule has 31 heavy (non-hydrogen) atoms. The molecule has 1 saturated heterocycles. The summed E-state index contributed by atoms with van der Waals surface area (Å²) < 4.78 is 41.4. The summed E-state index contributed by atoms with van der Waals surface area (Å²) in [6, 6.07) is 8.52. The zero-order valence-corrected chi connectivity index (χ0v) is 16.9. The van der Waals surface area contributed by atoms with E-state index in [2.05, 4.69) is 15.4 Å². The van der Waals surface area contributed by atoms with E-state index in [1.807, 2.05) is 18.1 Å². The van der Waals surface area contributed by atoms with E-state index in [-0.39, 0.29) is 17.9 Å². The quantitative estimate of drug-likeness (QED) is 0.665. The smallest absolute Gasteiger partial charge is 0.324 e. The van der Waals surface area contributed by atoms with E-state index in [1.165, 1.54) is 12.1 Å². The van der Waals surface area contributed by atoms with E-state index < -0.39 is 11.7 Å². The topological polar surface area (TPSA) is 63.1 Å². The number of aromatic nitrogens is 3. The van der Waals surface area contributed by atoms with Gasteiger partial charge in [-0.3, -0.25) is 19.4 Å². The van der Waals surface area contributed by atoms with Crippen LogP contribution in [-0.2, 0) is 24.6 Å². The van der Waals surface area contributed by atoms with Crippen LogP contribution in [0, 0.1) is 5.92 Å². The number of likely N-dealkylation sites (tertiary alicyclic amines) is 1. The van der Waals surface area contributed by atoms with Crippen LogP contribution in [0.15, 0.2) is 61.2 Å². The molecule has 1 N–H and O–H groups in total. The molecule has 2 aromatic heterocycles. The highest BCUT2D eigenvalue weighted by Gasteiger charge is 2.38. The Morgan fingerprint density at radius 3 is 2.74 bits per heavy atom. The number of aryl methyl sites for hydroxylation is 1. The maximum Gasteiger partial charge on any atom is 0.416 e. The van der Waals surface area contributed by atoms with Gasteiger partial charge in [0.15, 0.2) is 0 Å². The molecule has 1 aliphatic rings. The molecular formula is C22H22F3N5O. The third kappa shape index (κ3) is 4.93. The third-order valence-corrected chi connectivity index (χ3v) is 5.45. The van der Waals surface area contributed by atoms with Crippen molar-refractivity contribution in [2.45, 2.75) is 25.2 Å². The number of rotatable bonds is 5. The van der Waals surface area contributed by atoms with Gasteiger partial charge in [0, 0.05) is 44.1 Å². The lowest BCUT2D eigenvalue weighted by Gasteiger charge is -2.24. The van der Waals surface area contributed by atoms with Gasteiger partial charge in [-0.05, 0) is 36.2 Å². The minimum Gasteiger partial charge on any atom is -0.324 e. The number of pyridine rings is 1. The van der Waals surface area contributed by atoms with Crippen LogP contribution in [0.2, 0.25) is 0 Å². The minimum atomic E-state index is -4.42. The summed E-state index contributed by atoms with van der Waals surface area (Å²) >= 11 is 0. The van der Waals surface area contributed by atoms with E-state index in [4.69, 9.17) is 0 Å². The molecule has 0 spiro atoms. The second kappa shape index (κ2) is 8.50. The third-order valence-electron chi connectivity index (χ3n) is 5.45. The van der Waals surface area contributed by atoms with Gasteiger partial charge in [0.25, 0.3) is 0 Å². The molecule has 9 heteroatoms. The Bertz CT molecular complexity index is 1050. The molecule has 0 radical (unpaired) electrons.